The SMILES string of the molecule is Cc1c(C(=O)OC(C)C(=O)NCCc2ccccc2)cccc1[N+](=O)[O-]. The predicted molar refractivity (Wildman–Crippen MR) is 95.9 cm³/mol. The van der Waals surface area contributed by atoms with E-state index < -0.39 is 22.9 Å². The number of nitrogens with one attached hydrogen (secondary N) is 1. The molecule has 1 N–H and O–H groups in total. The van der Waals surface area contributed by atoms with Gasteiger partial charge >= 0.3 is 5.97 Å². The lowest BCUT2D eigenvalue weighted by Gasteiger charge is -2.14. The van der Waals surface area contributed by atoms with Gasteiger partial charge in [-0.25, -0.2) is 4.79 Å². The summed E-state index contributed by atoms with van der Waals surface area (Å²) >= 11 is 0. The van der Waals surface area contributed by atoms with Crippen LogP contribution >= 0.6 is 0 Å². The van der Waals surface area contributed by atoms with Gasteiger partial charge in [-0.2, -0.15) is 0 Å². The average Bonchev–Trinajstić information content (AvgIpc) is 2.62. The molecular weight excluding hydrogens is 336 g/mol. The van der Waals surface area contributed by atoms with Crippen LogP contribution in [-0.4, -0.2) is 29.4 Å². The molecule has 0 fully saturated rings. The van der Waals surface area contributed by atoms with Crippen LogP contribution in [0.2, 0.25) is 0 Å². The molecule has 0 bridgehead atoms. The van der Waals surface area contributed by atoms with Crippen molar-refractivity contribution in [1.29, 1.82) is 0 Å². The Hall–Kier alpha value is -3.22. The first-order valence-corrected chi connectivity index (χ1v) is 8.16. The van der Waals surface area contributed by atoms with E-state index in [1.54, 1.807) is 0 Å². The first-order valence-electron chi connectivity index (χ1n) is 8.16. The topological polar surface area (TPSA) is 98.5 Å². The largest absolute Gasteiger partial charge is 0.449 e. The molecule has 136 valence electrons. The van der Waals surface area contributed by atoms with E-state index in [0.29, 0.717) is 13.0 Å². The number of nitro benzene ring substituents is 1. The Kier molecular flexibility index (Phi) is 6.43. The molecule has 0 spiro atoms. The zero-order valence-corrected chi connectivity index (χ0v) is 14.6. The van der Waals surface area contributed by atoms with E-state index >= 15 is 0 Å². The lowest BCUT2D eigenvalue weighted by Crippen LogP contribution is -2.37. The number of carbonyl (C=O) groups is 2. The van der Waals surface area contributed by atoms with Gasteiger partial charge in [-0.05, 0) is 31.9 Å². The molecule has 7 heteroatoms. The number of carbonyl (C=O) groups excluding carboxylic acids is 2. The molecular formula is C19H20N2O5. The van der Waals surface area contributed by atoms with Gasteiger partial charge in [-0.1, -0.05) is 36.4 Å². The minimum Gasteiger partial charge on any atom is -0.449 e. The summed E-state index contributed by atoms with van der Waals surface area (Å²) < 4.78 is 5.14. The Morgan fingerprint density at radius 1 is 1.15 bits per heavy atom. The maximum atomic E-state index is 12.2. The zero-order valence-electron chi connectivity index (χ0n) is 14.6. The van der Waals surface area contributed by atoms with Crippen molar-refractivity contribution in [3.8, 4) is 0 Å². The van der Waals surface area contributed by atoms with Crippen molar-refractivity contribution < 1.29 is 19.2 Å². The van der Waals surface area contributed by atoms with E-state index in [0.717, 1.165) is 5.56 Å². The van der Waals surface area contributed by atoms with Crippen molar-refractivity contribution in [2.24, 2.45) is 0 Å². The van der Waals surface area contributed by atoms with Crippen molar-refractivity contribution in [2.75, 3.05) is 6.54 Å². The number of nitro groups is 1. The van der Waals surface area contributed by atoms with Crippen LogP contribution in [0.5, 0.6) is 0 Å². The molecule has 0 aliphatic carbocycles. The van der Waals surface area contributed by atoms with Gasteiger partial charge in [0.05, 0.1) is 10.5 Å². The molecule has 2 aromatic carbocycles. The molecule has 1 atom stereocenters. The Bertz CT molecular complexity index is 805. The summed E-state index contributed by atoms with van der Waals surface area (Å²) in [5, 5.41) is 13.7. The Morgan fingerprint density at radius 2 is 1.85 bits per heavy atom. The van der Waals surface area contributed by atoms with Gasteiger partial charge in [0.2, 0.25) is 0 Å². The van der Waals surface area contributed by atoms with Gasteiger partial charge in [0.15, 0.2) is 6.10 Å². The molecule has 7 nitrogen and oxygen atoms in total. The third-order valence-electron chi connectivity index (χ3n) is 3.93. The third-order valence-corrected chi connectivity index (χ3v) is 3.93. The highest BCUT2D eigenvalue weighted by Gasteiger charge is 2.23. The fraction of sp³-hybridized carbons (Fsp3) is 0.263. The van der Waals surface area contributed by atoms with Crippen LogP contribution < -0.4 is 5.32 Å². The molecule has 26 heavy (non-hydrogen) atoms. The quantitative estimate of drug-likeness (QED) is 0.467. The number of amides is 1. The van der Waals surface area contributed by atoms with E-state index in [4.69, 9.17) is 4.74 Å². The van der Waals surface area contributed by atoms with Crippen LogP contribution in [0, 0.1) is 17.0 Å². The maximum absolute atomic E-state index is 12.2. The summed E-state index contributed by atoms with van der Waals surface area (Å²) in [6.07, 6.45) is -0.339. The number of nitrogens with zero attached hydrogens (tertiary/aromatic N) is 1. The second kappa shape index (κ2) is 8.75. The van der Waals surface area contributed by atoms with Gasteiger partial charge in [-0.15, -0.1) is 0 Å². The van der Waals surface area contributed by atoms with Gasteiger partial charge in [0.25, 0.3) is 11.6 Å². The maximum Gasteiger partial charge on any atom is 0.339 e. The number of rotatable bonds is 7. The van der Waals surface area contributed by atoms with Gasteiger partial charge in [0, 0.05) is 18.2 Å². The molecule has 0 aliphatic heterocycles. The number of hydrogen-bond donors (Lipinski definition) is 1. The second-order valence-electron chi connectivity index (χ2n) is 5.78. The van der Waals surface area contributed by atoms with Crippen molar-refractivity contribution in [3.63, 3.8) is 0 Å². The van der Waals surface area contributed by atoms with Crippen molar-refractivity contribution in [3.05, 3.63) is 75.3 Å². The van der Waals surface area contributed by atoms with Crippen LogP contribution in [0.3, 0.4) is 0 Å². The molecule has 2 aromatic rings. The smallest absolute Gasteiger partial charge is 0.339 e. The van der Waals surface area contributed by atoms with Gasteiger partial charge in [0.1, 0.15) is 0 Å². The first-order chi connectivity index (χ1) is 12.4. The summed E-state index contributed by atoms with van der Waals surface area (Å²) in [6, 6.07) is 13.8. The van der Waals surface area contributed by atoms with Crippen molar-refractivity contribution >= 4 is 17.6 Å². The molecule has 1 amide bonds. The van der Waals surface area contributed by atoms with Gasteiger partial charge in [-0.3, -0.25) is 14.9 Å². The number of hydrogen-bond acceptors (Lipinski definition) is 5. The van der Waals surface area contributed by atoms with E-state index in [9.17, 15) is 19.7 Å². The Morgan fingerprint density at radius 3 is 2.50 bits per heavy atom. The standard InChI is InChI=1S/C19H20N2O5/c1-13-16(9-6-10-17(13)21(24)25)19(23)26-14(2)18(22)20-12-11-15-7-4-3-5-8-15/h3-10,14H,11-12H2,1-2H3,(H,20,22). The lowest BCUT2D eigenvalue weighted by molar-refractivity contribution is -0.385. The molecule has 1 unspecified atom stereocenters. The molecule has 0 aromatic heterocycles. The third kappa shape index (κ3) is 4.89. The number of benzene rings is 2. The predicted octanol–water partition coefficient (Wildman–Crippen LogP) is 2.81. The zero-order chi connectivity index (χ0) is 19.1. The normalized spacial score (nSPS) is 11.5. The molecule has 0 heterocycles. The highest BCUT2D eigenvalue weighted by atomic mass is 16.6. The van der Waals surface area contributed by atoms with Crippen LogP contribution in [0.4, 0.5) is 5.69 Å². The molecule has 0 saturated heterocycles. The number of esters is 1. The fourth-order valence-corrected chi connectivity index (χ4v) is 2.44. The molecule has 0 radical (unpaired) electrons. The van der Waals surface area contributed by atoms with E-state index in [2.05, 4.69) is 5.32 Å². The monoisotopic (exact) mass is 356 g/mol. The van der Waals surface area contributed by atoms with E-state index in [1.165, 1.54) is 32.0 Å². The van der Waals surface area contributed by atoms with E-state index in [1.807, 2.05) is 30.3 Å². The second-order valence-corrected chi connectivity index (χ2v) is 5.78. The van der Waals surface area contributed by atoms with Crippen LogP contribution in [0.15, 0.2) is 48.5 Å². The lowest BCUT2D eigenvalue weighted by atomic mass is 10.1. The highest BCUT2D eigenvalue weighted by molar-refractivity contribution is 5.94. The van der Waals surface area contributed by atoms with Crippen LogP contribution in [0.1, 0.15) is 28.4 Å². The highest BCUT2D eigenvalue weighted by Crippen LogP contribution is 2.22. The van der Waals surface area contributed by atoms with Gasteiger partial charge < -0.3 is 10.1 Å². The fourth-order valence-electron chi connectivity index (χ4n) is 2.44. The van der Waals surface area contributed by atoms with Crippen molar-refractivity contribution in [2.45, 2.75) is 26.4 Å². The Balaban J connectivity index is 1.91. The summed E-state index contributed by atoms with van der Waals surface area (Å²) in [5.41, 5.74) is 1.20. The minimum absolute atomic E-state index is 0.0723. The summed E-state index contributed by atoms with van der Waals surface area (Å²) in [6.45, 7) is 3.35. The van der Waals surface area contributed by atoms with Crippen LogP contribution in [0.25, 0.3) is 0 Å². The Labute approximate surface area is 151 Å². The minimum atomic E-state index is -1.00. The molecule has 0 saturated carbocycles. The average molecular weight is 356 g/mol. The van der Waals surface area contributed by atoms with Crippen molar-refractivity contribution in [1.82, 2.24) is 5.32 Å². The number of ether oxygens (including phenoxy) is 1. The van der Waals surface area contributed by atoms with E-state index in [-0.39, 0.29) is 16.8 Å². The summed E-state index contributed by atoms with van der Waals surface area (Å²) in [5.74, 6) is -1.19. The first kappa shape index (κ1) is 19.1. The van der Waals surface area contributed by atoms with Crippen LogP contribution in [-0.2, 0) is 16.0 Å². The molecule has 2 rings (SSSR count). The summed E-state index contributed by atoms with van der Waals surface area (Å²) in [4.78, 5) is 34.7. The molecule has 0 aliphatic rings. The summed E-state index contributed by atoms with van der Waals surface area (Å²) in [7, 11) is 0.